The molecule has 0 bridgehead atoms. The highest BCUT2D eigenvalue weighted by Gasteiger charge is 2.35. The molecule has 1 aliphatic heterocycles. The summed E-state index contributed by atoms with van der Waals surface area (Å²) in [6, 6.07) is 25.7. The van der Waals surface area contributed by atoms with Gasteiger partial charge >= 0.3 is 0 Å². The third-order valence-electron chi connectivity index (χ3n) is 5.51. The molecule has 0 saturated carbocycles. The SMILES string of the molecule is N#CC(C(=O)Nc1ccccc1)C(=O)c1nn(-c2ccccc2Cl)c2c1CSc1ccccc1-2. The zero-order valence-electron chi connectivity index (χ0n) is 17.7. The van der Waals surface area contributed by atoms with Gasteiger partial charge in [0.05, 0.1) is 22.5 Å². The van der Waals surface area contributed by atoms with Crippen molar-refractivity contribution in [3.63, 3.8) is 0 Å². The molecule has 1 atom stereocenters. The van der Waals surface area contributed by atoms with Crippen molar-refractivity contribution in [3.05, 3.63) is 95.1 Å². The Morgan fingerprint density at radius 3 is 2.50 bits per heavy atom. The standard InChI is InChI=1S/C26H17ClN4O2S/c27-20-11-5-6-12-21(20)31-24-17-10-4-7-13-22(17)34-15-19(24)23(30-31)25(32)18(14-28)26(33)29-16-8-2-1-3-9-16/h1-13,18H,15H2,(H,29,33). The number of Topliss-reactive ketones (excluding diaryl/α,β-unsaturated/α-hetero) is 1. The summed E-state index contributed by atoms with van der Waals surface area (Å²) in [5.41, 5.74) is 3.57. The number of ketones is 1. The lowest BCUT2D eigenvalue weighted by Gasteiger charge is -2.18. The zero-order chi connectivity index (χ0) is 23.7. The summed E-state index contributed by atoms with van der Waals surface area (Å²) in [4.78, 5) is 27.4. The molecule has 0 spiro atoms. The van der Waals surface area contributed by atoms with Crippen molar-refractivity contribution < 1.29 is 9.59 Å². The van der Waals surface area contributed by atoms with Crippen molar-refractivity contribution in [2.45, 2.75) is 10.6 Å². The molecule has 8 heteroatoms. The number of thioether (sulfide) groups is 1. The molecule has 1 unspecified atom stereocenters. The molecule has 6 nitrogen and oxygen atoms in total. The monoisotopic (exact) mass is 484 g/mol. The van der Waals surface area contributed by atoms with Crippen LogP contribution in [0.3, 0.4) is 0 Å². The lowest BCUT2D eigenvalue weighted by atomic mass is 9.97. The van der Waals surface area contributed by atoms with E-state index < -0.39 is 17.6 Å². The number of benzene rings is 3. The number of fused-ring (bicyclic) bond motifs is 3. The van der Waals surface area contributed by atoms with Crippen LogP contribution in [-0.4, -0.2) is 21.5 Å². The number of para-hydroxylation sites is 2. The Balaban J connectivity index is 1.61. The normalized spacial score (nSPS) is 12.7. The summed E-state index contributed by atoms with van der Waals surface area (Å²) in [7, 11) is 0. The maximum Gasteiger partial charge on any atom is 0.249 e. The molecule has 5 rings (SSSR count). The number of nitriles is 1. The molecule has 166 valence electrons. The fraction of sp³-hybridized carbons (Fsp3) is 0.0769. The number of carbonyl (C=O) groups excluding carboxylic acids is 2. The topological polar surface area (TPSA) is 87.8 Å². The van der Waals surface area contributed by atoms with Gasteiger partial charge in [-0.25, -0.2) is 4.68 Å². The highest BCUT2D eigenvalue weighted by molar-refractivity contribution is 7.98. The minimum absolute atomic E-state index is 0.103. The quantitative estimate of drug-likeness (QED) is 0.287. The van der Waals surface area contributed by atoms with Crippen molar-refractivity contribution in [3.8, 4) is 23.0 Å². The lowest BCUT2D eigenvalue weighted by molar-refractivity contribution is -0.117. The van der Waals surface area contributed by atoms with Crippen LogP contribution in [0.4, 0.5) is 5.69 Å². The molecular formula is C26H17ClN4O2S. The number of aromatic nitrogens is 2. The number of hydrogen-bond acceptors (Lipinski definition) is 5. The third kappa shape index (κ3) is 3.87. The number of rotatable bonds is 5. The van der Waals surface area contributed by atoms with Gasteiger partial charge in [-0.2, -0.15) is 10.4 Å². The number of nitrogens with one attached hydrogen (secondary N) is 1. The average Bonchev–Trinajstić information content (AvgIpc) is 3.25. The molecule has 2 heterocycles. The number of amides is 1. The van der Waals surface area contributed by atoms with Crippen LogP contribution in [0.15, 0.2) is 83.8 Å². The number of carbonyl (C=O) groups is 2. The Hall–Kier alpha value is -3.86. The Bertz CT molecular complexity index is 1460. The highest BCUT2D eigenvalue weighted by Crippen LogP contribution is 2.44. The van der Waals surface area contributed by atoms with E-state index in [0.717, 1.165) is 16.2 Å². The van der Waals surface area contributed by atoms with Crippen molar-refractivity contribution in [1.82, 2.24) is 9.78 Å². The van der Waals surface area contributed by atoms with Crippen molar-refractivity contribution in [2.75, 3.05) is 5.32 Å². The van der Waals surface area contributed by atoms with E-state index in [9.17, 15) is 14.9 Å². The van der Waals surface area contributed by atoms with Crippen LogP contribution in [0.1, 0.15) is 16.1 Å². The molecule has 1 N–H and O–H groups in total. The van der Waals surface area contributed by atoms with Gasteiger partial charge in [-0.3, -0.25) is 9.59 Å². The van der Waals surface area contributed by atoms with E-state index >= 15 is 0 Å². The average molecular weight is 485 g/mol. The van der Waals surface area contributed by atoms with E-state index in [1.807, 2.05) is 54.6 Å². The number of anilines is 1. The molecule has 3 aromatic carbocycles. The summed E-state index contributed by atoms with van der Waals surface area (Å²) in [6.07, 6.45) is 0. The van der Waals surface area contributed by atoms with Gasteiger partial charge in [0.25, 0.3) is 0 Å². The van der Waals surface area contributed by atoms with Gasteiger partial charge in [0.15, 0.2) is 5.92 Å². The van der Waals surface area contributed by atoms with Crippen LogP contribution >= 0.6 is 23.4 Å². The Kier molecular flexibility index (Phi) is 5.93. The second-order valence-electron chi connectivity index (χ2n) is 7.61. The van der Waals surface area contributed by atoms with Gasteiger partial charge in [-0.1, -0.05) is 60.1 Å². The summed E-state index contributed by atoms with van der Waals surface area (Å²) in [6.45, 7) is 0. The van der Waals surface area contributed by atoms with E-state index in [-0.39, 0.29) is 5.69 Å². The predicted molar refractivity (Wildman–Crippen MR) is 132 cm³/mol. The second kappa shape index (κ2) is 9.18. The fourth-order valence-electron chi connectivity index (χ4n) is 3.91. The molecule has 1 aromatic heterocycles. The van der Waals surface area contributed by atoms with Crippen LogP contribution in [-0.2, 0) is 10.5 Å². The molecule has 4 aromatic rings. The Morgan fingerprint density at radius 1 is 1.03 bits per heavy atom. The Morgan fingerprint density at radius 2 is 1.74 bits per heavy atom. The van der Waals surface area contributed by atoms with Crippen molar-refractivity contribution in [2.24, 2.45) is 5.92 Å². The van der Waals surface area contributed by atoms with Crippen LogP contribution < -0.4 is 5.32 Å². The third-order valence-corrected chi connectivity index (χ3v) is 6.93. The largest absolute Gasteiger partial charge is 0.325 e. The van der Waals surface area contributed by atoms with E-state index in [1.165, 1.54) is 0 Å². The second-order valence-corrected chi connectivity index (χ2v) is 9.03. The first kappa shape index (κ1) is 22.0. The first-order chi connectivity index (χ1) is 16.6. The fourth-order valence-corrected chi connectivity index (χ4v) is 5.19. The molecule has 0 aliphatic carbocycles. The first-order valence-electron chi connectivity index (χ1n) is 10.5. The summed E-state index contributed by atoms with van der Waals surface area (Å²) in [5.74, 6) is -2.39. The molecule has 0 radical (unpaired) electrons. The minimum Gasteiger partial charge on any atom is -0.325 e. The smallest absolute Gasteiger partial charge is 0.249 e. The maximum atomic E-state index is 13.5. The van der Waals surface area contributed by atoms with Crippen molar-refractivity contribution >= 4 is 40.7 Å². The van der Waals surface area contributed by atoms with Crippen LogP contribution in [0.25, 0.3) is 16.9 Å². The van der Waals surface area contributed by atoms with Crippen LogP contribution in [0, 0.1) is 17.2 Å². The number of hydrogen-bond donors (Lipinski definition) is 1. The summed E-state index contributed by atoms with van der Waals surface area (Å²) >= 11 is 8.06. The molecule has 1 amide bonds. The lowest BCUT2D eigenvalue weighted by Crippen LogP contribution is -2.29. The number of halogens is 1. The van der Waals surface area contributed by atoms with E-state index in [0.29, 0.717) is 27.7 Å². The van der Waals surface area contributed by atoms with E-state index in [4.69, 9.17) is 11.6 Å². The molecule has 34 heavy (non-hydrogen) atoms. The van der Waals surface area contributed by atoms with E-state index in [1.54, 1.807) is 46.8 Å². The molecular weight excluding hydrogens is 468 g/mol. The maximum absolute atomic E-state index is 13.5. The van der Waals surface area contributed by atoms with Gasteiger partial charge in [-0.05, 0) is 30.3 Å². The van der Waals surface area contributed by atoms with Gasteiger partial charge in [0.2, 0.25) is 11.7 Å². The predicted octanol–water partition coefficient (Wildman–Crippen LogP) is 5.76. The van der Waals surface area contributed by atoms with Gasteiger partial charge in [-0.15, -0.1) is 11.8 Å². The van der Waals surface area contributed by atoms with Gasteiger partial charge in [0.1, 0.15) is 5.69 Å². The van der Waals surface area contributed by atoms with Crippen LogP contribution in [0.2, 0.25) is 5.02 Å². The van der Waals surface area contributed by atoms with Crippen LogP contribution in [0.5, 0.6) is 0 Å². The van der Waals surface area contributed by atoms with Gasteiger partial charge < -0.3 is 5.32 Å². The summed E-state index contributed by atoms with van der Waals surface area (Å²) < 4.78 is 1.65. The van der Waals surface area contributed by atoms with Crippen molar-refractivity contribution in [1.29, 1.82) is 5.26 Å². The summed E-state index contributed by atoms with van der Waals surface area (Å²) in [5, 5.41) is 17.5. The molecule has 0 fully saturated rings. The molecule has 0 saturated heterocycles. The Labute approximate surface area is 205 Å². The highest BCUT2D eigenvalue weighted by atomic mass is 35.5. The van der Waals surface area contributed by atoms with E-state index in [2.05, 4.69) is 10.4 Å². The first-order valence-corrected chi connectivity index (χ1v) is 11.8. The zero-order valence-corrected chi connectivity index (χ0v) is 19.3. The molecule has 1 aliphatic rings. The van der Waals surface area contributed by atoms with Gasteiger partial charge in [0, 0.05) is 27.5 Å². The number of nitrogens with zero attached hydrogens (tertiary/aromatic N) is 3. The minimum atomic E-state index is -1.54.